The second-order valence-electron chi connectivity index (χ2n) is 5.99. The molecule has 4 heteroatoms. The molecule has 22 heavy (non-hydrogen) atoms. The average Bonchev–Trinajstić information content (AvgIpc) is 2.97. The van der Waals surface area contributed by atoms with Gasteiger partial charge in [-0.15, -0.1) is 0 Å². The van der Waals surface area contributed by atoms with Crippen LogP contribution in [0.15, 0.2) is 48.5 Å². The molecule has 4 N–H and O–H groups in total. The molecular formula is C18H21ClN2O. The second-order valence-corrected chi connectivity index (χ2v) is 6.43. The third kappa shape index (κ3) is 3.61. The van der Waals surface area contributed by atoms with Gasteiger partial charge < -0.3 is 16.2 Å². The van der Waals surface area contributed by atoms with Gasteiger partial charge in [0, 0.05) is 22.8 Å². The van der Waals surface area contributed by atoms with E-state index in [0.29, 0.717) is 11.1 Å². The van der Waals surface area contributed by atoms with Crippen LogP contribution in [0.4, 0.5) is 5.69 Å². The molecule has 2 aromatic rings. The Labute approximate surface area is 136 Å². The summed E-state index contributed by atoms with van der Waals surface area (Å²) in [5, 5.41) is 14.7. The summed E-state index contributed by atoms with van der Waals surface area (Å²) in [7, 11) is 0. The van der Waals surface area contributed by atoms with Crippen molar-refractivity contribution >= 4 is 17.3 Å². The molecule has 0 spiro atoms. The van der Waals surface area contributed by atoms with Gasteiger partial charge in [0.15, 0.2) is 0 Å². The standard InChI is InChI=1S/C18H21ClN2O/c19-14-3-1-2-13(11-14)18(22)17-9-8-16(21-17)10-12-4-6-15(20)7-5-12/h1-7,11,16-18,21-22H,8-10,20H2. The quantitative estimate of drug-likeness (QED) is 0.758. The maximum atomic E-state index is 10.5. The van der Waals surface area contributed by atoms with E-state index in [1.54, 1.807) is 0 Å². The molecule has 1 saturated heterocycles. The van der Waals surface area contributed by atoms with Crippen LogP contribution in [-0.4, -0.2) is 17.2 Å². The third-order valence-corrected chi connectivity index (χ3v) is 4.54. The van der Waals surface area contributed by atoms with E-state index in [1.165, 1.54) is 5.56 Å². The Morgan fingerprint density at radius 3 is 2.68 bits per heavy atom. The van der Waals surface area contributed by atoms with Gasteiger partial charge in [-0.1, -0.05) is 35.9 Å². The van der Waals surface area contributed by atoms with Gasteiger partial charge in [-0.25, -0.2) is 0 Å². The minimum atomic E-state index is -0.518. The van der Waals surface area contributed by atoms with Crippen LogP contribution < -0.4 is 11.1 Å². The molecule has 0 saturated carbocycles. The number of aliphatic hydroxyl groups excluding tert-OH is 1. The van der Waals surface area contributed by atoms with E-state index in [0.717, 1.165) is 30.5 Å². The topological polar surface area (TPSA) is 58.3 Å². The van der Waals surface area contributed by atoms with Crippen LogP contribution >= 0.6 is 11.6 Å². The summed E-state index contributed by atoms with van der Waals surface area (Å²) in [4.78, 5) is 0. The summed E-state index contributed by atoms with van der Waals surface area (Å²) >= 11 is 6.00. The van der Waals surface area contributed by atoms with Crippen molar-refractivity contribution in [1.29, 1.82) is 0 Å². The first-order valence-electron chi connectivity index (χ1n) is 7.66. The first-order valence-corrected chi connectivity index (χ1v) is 8.03. The summed E-state index contributed by atoms with van der Waals surface area (Å²) in [5.41, 5.74) is 8.64. The van der Waals surface area contributed by atoms with Crippen molar-refractivity contribution in [3.8, 4) is 0 Å². The van der Waals surface area contributed by atoms with E-state index < -0.39 is 6.10 Å². The third-order valence-electron chi connectivity index (χ3n) is 4.31. The van der Waals surface area contributed by atoms with E-state index in [9.17, 15) is 5.11 Å². The summed E-state index contributed by atoms with van der Waals surface area (Å²) in [6.45, 7) is 0. The van der Waals surface area contributed by atoms with Crippen LogP contribution in [0, 0.1) is 0 Å². The van der Waals surface area contributed by atoms with E-state index in [2.05, 4.69) is 17.4 Å². The predicted molar refractivity (Wildman–Crippen MR) is 90.9 cm³/mol. The van der Waals surface area contributed by atoms with E-state index in [4.69, 9.17) is 17.3 Å². The molecule has 2 aromatic carbocycles. The lowest BCUT2D eigenvalue weighted by atomic mass is 10.0. The first-order chi connectivity index (χ1) is 10.6. The van der Waals surface area contributed by atoms with E-state index in [-0.39, 0.29) is 6.04 Å². The van der Waals surface area contributed by atoms with Gasteiger partial charge in [0.2, 0.25) is 0 Å². The number of benzene rings is 2. The maximum Gasteiger partial charge on any atom is 0.0943 e. The van der Waals surface area contributed by atoms with Crippen molar-refractivity contribution < 1.29 is 5.11 Å². The smallest absolute Gasteiger partial charge is 0.0943 e. The molecule has 0 aliphatic carbocycles. The number of hydrogen-bond acceptors (Lipinski definition) is 3. The molecule has 1 fully saturated rings. The molecule has 0 amide bonds. The Kier molecular flexibility index (Phi) is 4.67. The van der Waals surface area contributed by atoms with Crippen LogP contribution in [0.25, 0.3) is 0 Å². The van der Waals surface area contributed by atoms with Gasteiger partial charge in [0.1, 0.15) is 0 Å². The van der Waals surface area contributed by atoms with Crippen molar-refractivity contribution in [3.63, 3.8) is 0 Å². The number of aliphatic hydroxyl groups is 1. The lowest BCUT2D eigenvalue weighted by Crippen LogP contribution is -2.35. The highest BCUT2D eigenvalue weighted by Gasteiger charge is 2.29. The molecule has 1 heterocycles. The van der Waals surface area contributed by atoms with Crippen LogP contribution in [-0.2, 0) is 6.42 Å². The van der Waals surface area contributed by atoms with E-state index >= 15 is 0 Å². The van der Waals surface area contributed by atoms with Crippen molar-refractivity contribution in [1.82, 2.24) is 5.32 Å². The minimum absolute atomic E-state index is 0.0808. The van der Waals surface area contributed by atoms with Crippen LogP contribution in [0.1, 0.15) is 30.1 Å². The molecule has 0 radical (unpaired) electrons. The fraction of sp³-hybridized carbons (Fsp3) is 0.333. The summed E-state index contributed by atoms with van der Waals surface area (Å²) < 4.78 is 0. The Balaban J connectivity index is 1.61. The monoisotopic (exact) mass is 316 g/mol. The molecule has 0 bridgehead atoms. The van der Waals surface area contributed by atoms with Crippen LogP contribution in [0.3, 0.4) is 0 Å². The summed E-state index contributed by atoms with van der Waals surface area (Å²) in [6, 6.07) is 15.9. The number of halogens is 1. The lowest BCUT2D eigenvalue weighted by Gasteiger charge is -2.20. The average molecular weight is 317 g/mol. The second kappa shape index (κ2) is 6.69. The van der Waals surface area contributed by atoms with Gasteiger partial charge >= 0.3 is 0 Å². The summed E-state index contributed by atoms with van der Waals surface area (Å²) in [6.07, 6.45) is 2.47. The number of anilines is 1. The zero-order valence-electron chi connectivity index (χ0n) is 12.4. The highest BCUT2D eigenvalue weighted by molar-refractivity contribution is 6.30. The normalized spacial score (nSPS) is 22.6. The molecule has 3 rings (SSSR count). The molecule has 3 atom stereocenters. The van der Waals surface area contributed by atoms with Crippen molar-refractivity contribution in [2.24, 2.45) is 0 Å². The zero-order chi connectivity index (χ0) is 15.5. The number of nitrogens with two attached hydrogens (primary N) is 1. The van der Waals surface area contributed by atoms with E-state index in [1.807, 2.05) is 36.4 Å². The van der Waals surface area contributed by atoms with Gasteiger partial charge in [-0.3, -0.25) is 0 Å². The molecule has 3 unspecified atom stereocenters. The molecule has 1 aliphatic heterocycles. The number of nitrogen functional groups attached to an aromatic ring is 1. The lowest BCUT2D eigenvalue weighted by molar-refractivity contribution is 0.135. The minimum Gasteiger partial charge on any atom is -0.399 e. The van der Waals surface area contributed by atoms with Crippen molar-refractivity contribution in [2.45, 2.75) is 37.5 Å². The van der Waals surface area contributed by atoms with Gasteiger partial charge in [-0.2, -0.15) is 0 Å². The largest absolute Gasteiger partial charge is 0.399 e. The van der Waals surface area contributed by atoms with Crippen LogP contribution in [0.2, 0.25) is 5.02 Å². The molecule has 1 aliphatic rings. The zero-order valence-corrected chi connectivity index (χ0v) is 13.1. The maximum absolute atomic E-state index is 10.5. The molecular weight excluding hydrogens is 296 g/mol. The first kappa shape index (κ1) is 15.3. The predicted octanol–water partition coefficient (Wildman–Crippen LogP) is 3.32. The number of rotatable bonds is 4. The molecule has 3 nitrogen and oxygen atoms in total. The van der Waals surface area contributed by atoms with Gasteiger partial charge in [0.25, 0.3) is 0 Å². The fourth-order valence-corrected chi connectivity index (χ4v) is 3.32. The van der Waals surface area contributed by atoms with Crippen molar-refractivity contribution in [2.75, 3.05) is 5.73 Å². The van der Waals surface area contributed by atoms with Gasteiger partial charge in [-0.05, 0) is 54.7 Å². The van der Waals surface area contributed by atoms with Gasteiger partial charge in [0.05, 0.1) is 6.10 Å². The highest BCUT2D eigenvalue weighted by Crippen LogP contribution is 2.28. The summed E-state index contributed by atoms with van der Waals surface area (Å²) in [5.74, 6) is 0. The molecule has 0 aromatic heterocycles. The Bertz CT molecular complexity index is 629. The van der Waals surface area contributed by atoms with Crippen molar-refractivity contribution in [3.05, 3.63) is 64.7 Å². The number of hydrogen-bond donors (Lipinski definition) is 3. The molecule has 116 valence electrons. The Morgan fingerprint density at radius 1 is 1.18 bits per heavy atom. The van der Waals surface area contributed by atoms with Crippen LogP contribution in [0.5, 0.6) is 0 Å². The Hall–Kier alpha value is -1.55. The Morgan fingerprint density at radius 2 is 1.95 bits per heavy atom. The number of nitrogens with one attached hydrogen (secondary N) is 1. The highest BCUT2D eigenvalue weighted by atomic mass is 35.5. The SMILES string of the molecule is Nc1ccc(CC2CCC(C(O)c3cccc(Cl)c3)N2)cc1. The fourth-order valence-electron chi connectivity index (χ4n) is 3.12.